The van der Waals surface area contributed by atoms with Crippen molar-refractivity contribution in [2.45, 2.75) is 18.0 Å². The van der Waals surface area contributed by atoms with Gasteiger partial charge in [0.2, 0.25) is 5.91 Å². The zero-order valence-corrected chi connectivity index (χ0v) is 15.8. The lowest BCUT2D eigenvalue weighted by molar-refractivity contribution is -0.124. The van der Waals surface area contributed by atoms with Crippen molar-refractivity contribution in [2.24, 2.45) is 0 Å². The van der Waals surface area contributed by atoms with Crippen LogP contribution in [0.15, 0.2) is 36.5 Å². The van der Waals surface area contributed by atoms with Gasteiger partial charge in [0.15, 0.2) is 11.5 Å². The molecule has 1 N–H and O–H groups in total. The molecule has 2 atom stereocenters. The Labute approximate surface area is 161 Å². The Hall–Kier alpha value is -2.74. The number of amides is 2. The van der Waals surface area contributed by atoms with E-state index in [1.807, 2.05) is 24.3 Å². The number of carbonyl (C=O) groups excluding carboxylic acids is 2. The number of rotatable bonds is 5. The van der Waals surface area contributed by atoms with E-state index in [0.29, 0.717) is 29.4 Å². The average Bonchev–Trinajstić information content (AvgIpc) is 3.26. The van der Waals surface area contributed by atoms with E-state index in [1.54, 1.807) is 28.9 Å². The highest BCUT2D eigenvalue weighted by molar-refractivity contribution is 7.99. The molecule has 0 spiro atoms. The average molecular weight is 385 g/mol. The minimum atomic E-state index is -0.528. The number of hydrogen-bond donors (Lipinski definition) is 1. The molecule has 3 heterocycles. The summed E-state index contributed by atoms with van der Waals surface area (Å²) in [7, 11) is 3.05. The Balaban J connectivity index is 1.56. The zero-order valence-electron chi connectivity index (χ0n) is 15.0. The first kappa shape index (κ1) is 17.7. The van der Waals surface area contributed by atoms with Gasteiger partial charge < -0.3 is 19.7 Å². The van der Waals surface area contributed by atoms with Crippen LogP contribution >= 0.6 is 11.8 Å². The van der Waals surface area contributed by atoms with Gasteiger partial charge in [0.25, 0.3) is 5.91 Å². The Kier molecular flexibility index (Phi) is 4.65. The maximum atomic E-state index is 13.1. The van der Waals surface area contributed by atoms with Gasteiger partial charge in [0, 0.05) is 17.5 Å². The van der Waals surface area contributed by atoms with E-state index in [1.165, 1.54) is 14.2 Å². The molecule has 7 nitrogen and oxygen atoms in total. The molecule has 0 radical (unpaired) electrons. The minimum absolute atomic E-state index is 0.178. The third-order valence-electron chi connectivity index (χ3n) is 4.77. The van der Waals surface area contributed by atoms with E-state index in [4.69, 9.17) is 9.47 Å². The van der Waals surface area contributed by atoms with Gasteiger partial charge in [-0.1, -0.05) is 12.1 Å². The van der Waals surface area contributed by atoms with Crippen LogP contribution in [0.4, 0.5) is 0 Å². The molecule has 0 bridgehead atoms. The summed E-state index contributed by atoms with van der Waals surface area (Å²) < 4.78 is 10.7. The molecule has 2 aliphatic heterocycles. The highest BCUT2D eigenvalue weighted by Gasteiger charge is 2.50. The van der Waals surface area contributed by atoms with Gasteiger partial charge in [-0.15, -0.1) is 11.8 Å². The number of carbonyl (C=O) groups is 2. The molecular weight excluding hydrogens is 366 g/mol. The quantitative estimate of drug-likeness (QED) is 0.848. The number of aromatic nitrogens is 1. The van der Waals surface area contributed by atoms with Gasteiger partial charge in [-0.25, -0.2) is 0 Å². The van der Waals surface area contributed by atoms with Crippen LogP contribution in [0.1, 0.15) is 27.0 Å². The van der Waals surface area contributed by atoms with Crippen LogP contribution in [-0.2, 0) is 11.3 Å². The van der Waals surface area contributed by atoms with Crippen LogP contribution < -0.4 is 14.8 Å². The van der Waals surface area contributed by atoms with Gasteiger partial charge in [0.1, 0.15) is 11.4 Å². The fraction of sp³-hybridized carbons (Fsp3) is 0.316. The zero-order chi connectivity index (χ0) is 19.0. The Bertz CT molecular complexity index is 890. The molecule has 1 fully saturated rings. The summed E-state index contributed by atoms with van der Waals surface area (Å²) in [5, 5.41) is 2.70. The molecule has 0 saturated carbocycles. The lowest BCUT2D eigenvalue weighted by Gasteiger charge is -2.22. The maximum Gasteiger partial charge on any atom is 0.260 e. The van der Waals surface area contributed by atoms with Crippen LogP contribution in [0.2, 0.25) is 0 Å². The summed E-state index contributed by atoms with van der Waals surface area (Å²) in [6.07, 6.45) is 1.68. The molecule has 0 unspecified atom stereocenters. The Morgan fingerprint density at radius 2 is 2.15 bits per heavy atom. The summed E-state index contributed by atoms with van der Waals surface area (Å²) in [5.41, 5.74) is 2.12. The van der Waals surface area contributed by atoms with Gasteiger partial charge in [-0.2, -0.15) is 0 Å². The third-order valence-corrected chi connectivity index (χ3v) is 6.07. The number of methoxy groups -OCH3 is 2. The molecule has 2 aliphatic rings. The van der Waals surface area contributed by atoms with Crippen molar-refractivity contribution in [1.29, 1.82) is 0 Å². The summed E-state index contributed by atoms with van der Waals surface area (Å²) >= 11 is 1.58. The molecule has 27 heavy (non-hydrogen) atoms. The van der Waals surface area contributed by atoms with Crippen molar-refractivity contribution in [3.8, 4) is 11.5 Å². The normalized spacial score (nSPS) is 20.2. The number of benzene rings is 1. The van der Waals surface area contributed by atoms with Crippen LogP contribution in [0.3, 0.4) is 0 Å². The third kappa shape index (κ3) is 2.90. The Morgan fingerprint density at radius 1 is 1.30 bits per heavy atom. The Morgan fingerprint density at radius 3 is 2.85 bits per heavy atom. The van der Waals surface area contributed by atoms with Gasteiger partial charge >= 0.3 is 0 Å². The SMILES string of the molecule is COc1ccc2c(c1OC)C(=O)N1[C@@H]2SC[C@H]1C(=O)NCc1ccccn1. The maximum absolute atomic E-state index is 13.1. The number of fused-ring (bicyclic) bond motifs is 3. The summed E-state index contributed by atoms with van der Waals surface area (Å²) in [6, 6.07) is 8.69. The summed E-state index contributed by atoms with van der Waals surface area (Å²) in [4.78, 5) is 31.7. The molecule has 2 aromatic rings. The summed E-state index contributed by atoms with van der Waals surface area (Å²) in [5.74, 6) is 1.10. The van der Waals surface area contributed by atoms with E-state index < -0.39 is 6.04 Å². The first-order chi connectivity index (χ1) is 13.2. The molecule has 1 saturated heterocycles. The highest BCUT2D eigenvalue weighted by Crippen LogP contribution is 2.52. The van der Waals surface area contributed by atoms with Crippen molar-refractivity contribution in [3.05, 3.63) is 53.3 Å². The number of nitrogens with one attached hydrogen (secondary N) is 1. The smallest absolute Gasteiger partial charge is 0.260 e. The molecule has 0 aliphatic carbocycles. The van der Waals surface area contributed by atoms with Gasteiger partial charge in [-0.05, 0) is 18.2 Å². The predicted octanol–water partition coefficient (Wildman–Crippen LogP) is 1.98. The molecule has 8 heteroatoms. The van der Waals surface area contributed by atoms with Crippen molar-refractivity contribution in [3.63, 3.8) is 0 Å². The lowest BCUT2D eigenvalue weighted by Crippen LogP contribution is -2.45. The van der Waals surface area contributed by atoms with E-state index >= 15 is 0 Å². The first-order valence-corrected chi connectivity index (χ1v) is 9.57. The fourth-order valence-electron chi connectivity index (χ4n) is 3.49. The van der Waals surface area contributed by atoms with Gasteiger partial charge in [-0.3, -0.25) is 14.6 Å². The number of ether oxygens (including phenoxy) is 2. The number of nitrogens with zero attached hydrogens (tertiary/aromatic N) is 2. The number of pyridine rings is 1. The topological polar surface area (TPSA) is 80.8 Å². The van der Waals surface area contributed by atoms with Crippen LogP contribution in [0.25, 0.3) is 0 Å². The van der Waals surface area contributed by atoms with Crippen molar-refractivity contribution >= 4 is 23.6 Å². The molecular formula is C19H19N3O4S. The first-order valence-electron chi connectivity index (χ1n) is 8.52. The number of hydrogen-bond acceptors (Lipinski definition) is 6. The monoisotopic (exact) mass is 385 g/mol. The highest BCUT2D eigenvalue weighted by atomic mass is 32.2. The van der Waals surface area contributed by atoms with Crippen molar-refractivity contribution in [2.75, 3.05) is 20.0 Å². The molecule has 4 rings (SSSR count). The lowest BCUT2D eigenvalue weighted by atomic mass is 10.1. The molecule has 2 amide bonds. The van der Waals surface area contributed by atoms with Crippen molar-refractivity contribution < 1.29 is 19.1 Å². The second-order valence-electron chi connectivity index (χ2n) is 6.22. The fourth-order valence-corrected chi connectivity index (χ4v) is 4.95. The van der Waals surface area contributed by atoms with Crippen LogP contribution in [0, 0.1) is 0 Å². The number of thioether (sulfide) groups is 1. The standard InChI is InChI=1S/C19H19N3O4S/c1-25-14-7-6-12-15(16(14)26-2)18(24)22-13(10-27-19(12)22)17(23)21-9-11-5-3-4-8-20-11/h3-8,13,19H,9-10H2,1-2H3,(H,21,23)/t13-,19+/m0/s1. The van der Waals surface area contributed by atoms with Gasteiger partial charge in [0.05, 0.1) is 32.0 Å². The minimum Gasteiger partial charge on any atom is -0.493 e. The predicted molar refractivity (Wildman–Crippen MR) is 101 cm³/mol. The van der Waals surface area contributed by atoms with E-state index in [0.717, 1.165) is 11.3 Å². The second-order valence-corrected chi connectivity index (χ2v) is 7.33. The van der Waals surface area contributed by atoms with Crippen LogP contribution in [-0.4, -0.2) is 47.7 Å². The molecule has 1 aromatic carbocycles. The summed E-state index contributed by atoms with van der Waals surface area (Å²) in [6.45, 7) is 0.331. The van der Waals surface area contributed by atoms with Crippen LogP contribution in [0.5, 0.6) is 11.5 Å². The van der Waals surface area contributed by atoms with E-state index in [9.17, 15) is 9.59 Å². The second kappa shape index (κ2) is 7.11. The largest absolute Gasteiger partial charge is 0.493 e. The molecule has 140 valence electrons. The van der Waals surface area contributed by atoms with E-state index in [-0.39, 0.29) is 17.2 Å². The van der Waals surface area contributed by atoms with Crippen molar-refractivity contribution in [1.82, 2.24) is 15.2 Å². The van der Waals surface area contributed by atoms with E-state index in [2.05, 4.69) is 10.3 Å². The molecule has 1 aromatic heterocycles.